The van der Waals surface area contributed by atoms with Crippen LogP contribution in [0, 0.1) is 0 Å². The zero-order valence-electron chi connectivity index (χ0n) is 17.0. The lowest BCUT2D eigenvalue weighted by Crippen LogP contribution is -2.41. The fraction of sp³-hybridized carbons (Fsp3) is 0.333. The minimum atomic E-state index is -0.0182. The molecule has 1 saturated carbocycles. The zero-order valence-corrected chi connectivity index (χ0v) is 18.6. The molecule has 2 aromatic carbocycles. The van der Waals surface area contributed by atoms with E-state index in [0.717, 1.165) is 36.8 Å². The number of nitrogens with zero attached hydrogens (tertiary/aromatic N) is 2. The molecule has 0 bridgehead atoms. The number of thiocarbonyl (C=S) groups is 1. The van der Waals surface area contributed by atoms with E-state index in [1.807, 2.05) is 71.5 Å². The number of rotatable bonds is 5. The molecule has 2 aliphatic rings. The normalized spacial score (nSPS) is 19.1. The molecule has 0 N–H and O–H groups in total. The highest BCUT2D eigenvalue weighted by atomic mass is 35.5. The first-order valence-electron chi connectivity index (χ1n) is 10.3. The second kappa shape index (κ2) is 9.19. The first kappa shape index (κ1) is 20.9. The van der Waals surface area contributed by atoms with Gasteiger partial charge in [-0.05, 0) is 43.3 Å². The van der Waals surface area contributed by atoms with Crippen molar-refractivity contribution < 1.29 is 9.53 Å². The Hall–Kier alpha value is -2.37. The number of benzene rings is 2. The lowest BCUT2D eigenvalue weighted by atomic mass is 9.94. The maximum Gasteiger partial charge on any atom is 0.277 e. The van der Waals surface area contributed by atoms with Gasteiger partial charge in [0, 0.05) is 29.2 Å². The van der Waals surface area contributed by atoms with Crippen LogP contribution < -0.4 is 4.74 Å². The van der Waals surface area contributed by atoms with Crippen molar-refractivity contribution in [1.29, 1.82) is 0 Å². The van der Waals surface area contributed by atoms with E-state index in [2.05, 4.69) is 0 Å². The lowest BCUT2D eigenvalue weighted by Gasteiger charge is -2.30. The number of hydrogen-bond donors (Lipinski definition) is 0. The Bertz CT molecular complexity index is 985. The molecule has 0 spiro atoms. The molecule has 4 nitrogen and oxygen atoms in total. The second-order valence-corrected chi connectivity index (χ2v) is 8.53. The third-order valence-corrected chi connectivity index (χ3v) is 6.62. The van der Waals surface area contributed by atoms with Crippen molar-refractivity contribution in [2.45, 2.75) is 44.8 Å². The summed E-state index contributed by atoms with van der Waals surface area (Å²) in [6, 6.07) is 15.5. The Kier molecular flexibility index (Phi) is 6.40. The summed E-state index contributed by atoms with van der Waals surface area (Å²) in [7, 11) is 1.86. The van der Waals surface area contributed by atoms with Gasteiger partial charge in [0.1, 0.15) is 18.1 Å². The van der Waals surface area contributed by atoms with Crippen molar-refractivity contribution >= 4 is 40.9 Å². The van der Waals surface area contributed by atoms with Crippen LogP contribution in [-0.2, 0) is 11.4 Å². The Morgan fingerprint density at radius 2 is 1.80 bits per heavy atom. The molecule has 30 heavy (non-hydrogen) atoms. The Balaban J connectivity index is 1.57. The summed E-state index contributed by atoms with van der Waals surface area (Å²) in [6.45, 7) is 0.357. The smallest absolute Gasteiger partial charge is 0.277 e. The molecule has 1 saturated heterocycles. The minimum absolute atomic E-state index is 0.0182. The van der Waals surface area contributed by atoms with Gasteiger partial charge in [-0.3, -0.25) is 9.69 Å². The van der Waals surface area contributed by atoms with E-state index in [1.165, 1.54) is 6.42 Å². The molecule has 2 fully saturated rings. The Morgan fingerprint density at radius 3 is 2.57 bits per heavy atom. The predicted octanol–water partition coefficient (Wildman–Crippen LogP) is 5.65. The summed E-state index contributed by atoms with van der Waals surface area (Å²) in [4.78, 5) is 16.9. The molecule has 2 aromatic rings. The third kappa shape index (κ3) is 4.23. The number of carbonyl (C=O) groups excluding carboxylic acids is 1. The molecule has 6 heteroatoms. The topological polar surface area (TPSA) is 32.8 Å². The molecule has 1 amide bonds. The average molecular weight is 441 g/mol. The summed E-state index contributed by atoms with van der Waals surface area (Å²) >= 11 is 11.9. The van der Waals surface area contributed by atoms with Crippen molar-refractivity contribution in [2.75, 3.05) is 7.05 Å². The highest BCUT2D eigenvalue weighted by Crippen LogP contribution is 2.32. The van der Waals surface area contributed by atoms with Crippen molar-refractivity contribution in [3.8, 4) is 5.75 Å². The molecule has 0 atom stereocenters. The Morgan fingerprint density at radius 1 is 1.10 bits per heavy atom. The van der Waals surface area contributed by atoms with Gasteiger partial charge in [0.2, 0.25) is 0 Å². The summed E-state index contributed by atoms with van der Waals surface area (Å²) in [5.74, 6) is 0.684. The molecule has 0 radical (unpaired) electrons. The highest BCUT2D eigenvalue weighted by molar-refractivity contribution is 7.80. The van der Waals surface area contributed by atoms with Gasteiger partial charge < -0.3 is 9.64 Å². The molecule has 1 aliphatic heterocycles. The summed E-state index contributed by atoms with van der Waals surface area (Å²) in [5.41, 5.74) is 2.34. The number of para-hydroxylation sites is 1. The van der Waals surface area contributed by atoms with Crippen molar-refractivity contribution in [1.82, 2.24) is 9.80 Å². The molecule has 0 aromatic heterocycles. The van der Waals surface area contributed by atoms with Crippen LogP contribution in [0.25, 0.3) is 6.08 Å². The maximum atomic E-state index is 13.2. The molecule has 1 heterocycles. The maximum absolute atomic E-state index is 13.2. The van der Waals surface area contributed by atoms with Crippen molar-refractivity contribution in [2.24, 2.45) is 0 Å². The van der Waals surface area contributed by atoms with Crippen molar-refractivity contribution in [3.05, 3.63) is 70.4 Å². The van der Waals surface area contributed by atoms with Gasteiger partial charge in [-0.15, -0.1) is 0 Å². The van der Waals surface area contributed by atoms with E-state index in [0.29, 0.717) is 28.2 Å². The predicted molar refractivity (Wildman–Crippen MR) is 124 cm³/mol. The van der Waals surface area contributed by atoms with E-state index >= 15 is 0 Å². The molecular weight excluding hydrogens is 416 g/mol. The van der Waals surface area contributed by atoms with Crippen LogP contribution in [0.5, 0.6) is 5.75 Å². The van der Waals surface area contributed by atoms with Crippen LogP contribution in [0.15, 0.2) is 54.2 Å². The van der Waals surface area contributed by atoms with E-state index < -0.39 is 0 Å². The van der Waals surface area contributed by atoms with Crippen LogP contribution in [0.3, 0.4) is 0 Å². The quantitative estimate of drug-likeness (QED) is 0.444. The van der Waals surface area contributed by atoms with E-state index in [1.54, 1.807) is 0 Å². The van der Waals surface area contributed by atoms with Crippen LogP contribution in [-0.4, -0.2) is 33.9 Å². The molecule has 156 valence electrons. The number of halogens is 1. The van der Waals surface area contributed by atoms with E-state index in [4.69, 9.17) is 28.6 Å². The van der Waals surface area contributed by atoms with Gasteiger partial charge in [0.15, 0.2) is 5.11 Å². The zero-order chi connectivity index (χ0) is 21.1. The first-order valence-corrected chi connectivity index (χ1v) is 11.1. The molecule has 1 aliphatic carbocycles. The fourth-order valence-electron chi connectivity index (χ4n) is 4.09. The standard InChI is InChI=1S/C24H25ClN2O2S/c1-26-21(23(28)27(24(26)30)19-11-3-2-4-12-19)15-17-9-6-8-14-22(17)29-16-18-10-5-7-13-20(18)25/h5-10,13-15,19H,2-4,11-12,16H2,1H3/b21-15-. The number of likely N-dealkylation sites (N-methyl/N-ethyl adjacent to an activating group) is 1. The number of ether oxygens (including phenoxy) is 1. The molecule has 0 unspecified atom stereocenters. The summed E-state index contributed by atoms with van der Waals surface area (Å²) < 4.78 is 6.05. The molecule has 4 rings (SSSR count). The van der Waals surface area contributed by atoms with Gasteiger partial charge in [0.05, 0.1) is 0 Å². The average Bonchev–Trinajstić information content (AvgIpc) is 2.98. The fourth-order valence-corrected chi connectivity index (χ4v) is 4.61. The minimum Gasteiger partial charge on any atom is -0.488 e. The SMILES string of the molecule is CN1C(=S)N(C2CCCCC2)C(=O)/C1=C/c1ccccc1OCc1ccccc1Cl. The number of carbonyl (C=O) groups is 1. The number of hydrogen-bond acceptors (Lipinski definition) is 3. The molecular formula is C24H25ClN2O2S. The third-order valence-electron chi connectivity index (χ3n) is 5.78. The van der Waals surface area contributed by atoms with Gasteiger partial charge in [-0.25, -0.2) is 0 Å². The van der Waals surface area contributed by atoms with Gasteiger partial charge in [-0.2, -0.15) is 0 Å². The van der Waals surface area contributed by atoms with Crippen LogP contribution in [0.4, 0.5) is 0 Å². The van der Waals surface area contributed by atoms with Crippen molar-refractivity contribution in [3.63, 3.8) is 0 Å². The highest BCUT2D eigenvalue weighted by Gasteiger charge is 2.40. The van der Waals surface area contributed by atoms with Crippen LogP contribution in [0.2, 0.25) is 5.02 Å². The summed E-state index contributed by atoms with van der Waals surface area (Å²) in [6.07, 6.45) is 7.45. The van der Waals surface area contributed by atoms with Gasteiger partial charge in [0.25, 0.3) is 5.91 Å². The van der Waals surface area contributed by atoms with Crippen LogP contribution in [0.1, 0.15) is 43.2 Å². The number of amides is 1. The largest absolute Gasteiger partial charge is 0.488 e. The van der Waals surface area contributed by atoms with Gasteiger partial charge >= 0.3 is 0 Å². The van der Waals surface area contributed by atoms with Gasteiger partial charge in [-0.1, -0.05) is 67.3 Å². The van der Waals surface area contributed by atoms with E-state index in [-0.39, 0.29) is 11.9 Å². The van der Waals surface area contributed by atoms with E-state index in [9.17, 15) is 4.79 Å². The first-order chi connectivity index (χ1) is 14.6. The Labute approximate surface area is 188 Å². The van der Waals surface area contributed by atoms with Crippen LogP contribution >= 0.6 is 23.8 Å². The monoisotopic (exact) mass is 440 g/mol. The lowest BCUT2D eigenvalue weighted by molar-refractivity contribution is -0.124. The second-order valence-electron chi connectivity index (χ2n) is 7.76. The summed E-state index contributed by atoms with van der Waals surface area (Å²) in [5, 5.41) is 1.26.